The Morgan fingerprint density at radius 1 is 1.15 bits per heavy atom. The molecule has 3 heterocycles. The fourth-order valence-electron chi connectivity index (χ4n) is 4.50. The fourth-order valence-corrected chi connectivity index (χ4v) is 5.92. The molecular formula is C23H31NOSSi. The lowest BCUT2D eigenvalue weighted by atomic mass is 9.95. The van der Waals surface area contributed by atoms with Crippen LogP contribution in [0.1, 0.15) is 42.7 Å². The van der Waals surface area contributed by atoms with E-state index in [1.807, 2.05) is 11.8 Å². The van der Waals surface area contributed by atoms with Crippen LogP contribution in [0.5, 0.6) is 5.75 Å². The monoisotopic (exact) mass is 397 g/mol. The number of hydrogen-bond donors (Lipinski definition) is 0. The van der Waals surface area contributed by atoms with Gasteiger partial charge in [0.15, 0.2) is 0 Å². The molecule has 0 aliphatic carbocycles. The van der Waals surface area contributed by atoms with E-state index in [0.717, 1.165) is 24.3 Å². The van der Waals surface area contributed by atoms with Gasteiger partial charge in [-0.3, -0.25) is 0 Å². The van der Waals surface area contributed by atoms with Crippen LogP contribution < -0.4 is 4.74 Å². The summed E-state index contributed by atoms with van der Waals surface area (Å²) in [5.41, 5.74) is 6.09. The first kappa shape index (κ1) is 19.2. The number of ether oxygens (including phenoxy) is 1. The smallest absolute Gasteiger partial charge is 0.129 e. The van der Waals surface area contributed by atoms with Crippen LogP contribution in [-0.2, 0) is 0 Å². The summed E-state index contributed by atoms with van der Waals surface area (Å²) < 4.78 is 6.47. The lowest BCUT2D eigenvalue weighted by Gasteiger charge is -2.36. The molecule has 0 radical (unpaired) electrons. The van der Waals surface area contributed by atoms with E-state index in [2.05, 4.69) is 72.7 Å². The Labute approximate surface area is 169 Å². The van der Waals surface area contributed by atoms with E-state index in [9.17, 15) is 0 Å². The quantitative estimate of drug-likeness (QED) is 0.510. The molecular weight excluding hydrogens is 366 g/mol. The summed E-state index contributed by atoms with van der Waals surface area (Å²) in [6.45, 7) is 6.92. The van der Waals surface area contributed by atoms with Gasteiger partial charge in [-0.15, -0.1) is 17.3 Å². The van der Waals surface area contributed by atoms with E-state index in [4.69, 9.17) is 4.74 Å². The van der Waals surface area contributed by atoms with Gasteiger partial charge in [0.1, 0.15) is 19.9 Å². The summed E-state index contributed by atoms with van der Waals surface area (Å²) in [6, 6.07) is 8.05. The molecule has 0 N–H and O–H groups in total. The van der Waals surface area contributed by atoms with Gasteiger partial charge in [-0.1, -0.05) is 37.7 Å². The van der Waals surface area contributed by atoms with Crippen molar-refractivity contribution in [3.05, 3.63) is 40.8 Å². The van der Waals surface area contributed by atoms with E-state index < -0.39 is 8.07 Å². The van der Waals surface area contributed by atoms with Crippen LogP contribution in [0.4, 0.5) is 0 Å². The largest absolute Gasteiger partial charge is 0.490 e. The fraction of sp³-hybridized carbons (Fsp3) is 0.565. The topological polar surface area (TPSA) is 12.5 Å². The van der Waals surface area contributed by atoms with Crippen LogP contribution in [0.3, 0.4) is 0 Å². The van der Waals surface area contributed by atoms with Gasteiger partial charge in [-0.05, 0) is 55.8 Å². The summed E-state index contributed by atoms with van der Waals surface area (Å²) in [4.78, 5) is 2.57. The van der Waals surface area contributed by atoms with Crippen molar-refractivity contribution in [3.63, 3.8) is 0 Å². The first-order valence-electron chi connectivity index (χ1n) is 10.2. The minimum atomic E-state index is -1.41. The first-order chi connectivity index (χ1) is 12.9. The highest BCUT2D eigenvalue weighted by atomic mass is 32.2. The molecule has 2 nitrogen and oxygen atoms in total. The first-order valence-corrected chi connectivity index (χ1v) is 14.8. The van der Waals surface area contributed by atoms with Crippen LogP contribution >= 0.6 is 11.8 Å². The molecule has 4 rings (SSSR count). The molecule has 27 heavy (non-hydrogen) atoms. The highest BCUT2D eigenvalue weighted by Crippen LogP contribution is 2.37. The molecule has 1 aromatic rings. The number of allylic oxidation sites excluding steroid dienone is 1. The van der Waals surface area contributed by atoms with E-state index >= 15 is 0 Å². The Morgan fingerprint density at radius 3 is 2.52 bits per heavy atom. The van der Waals surface area contributed by atoms with Gasteiger partial charge in [0.05, 0.1) is 0 Å². The van der Waals surface area contributed by atoms with Gasteiger partial charge >= 0.3 is 0 Å². The number of nitrogens with zero attached hydrogens (tertiary/aromatic N) is 1. The van der Waals surface area contributed by atoms with Crippen molar-refractivity contribution in [1.82, 2.24) is 4.90 Å². The highest BCUT2D eigenvalue weighted by molar-refractivity contribution is 8.02. The number of rotatable bonds is 3. The number of benzene rings is 1. The van der Waals surface area contributed by atoms with E-state index in [-0.39, 0.29) is 0 Å². The minimum Gasteiger partial charge on any atom is -0.490 e. The SMILES string of the molecule is CN1[C@@H]2CC[C@H]1C[C@H](Oc1ccc(C3C=CSC3)c(C#C[Si](C)(C)C)c1)C2. The maximum absolute atomic E-state index is 6.47. The van der Waals surface area contributed by atoms with Crippen LogP contribution in [0.2, 0.25) is 19.6 Å². The Hall–Kier alpha value is -1.15. The van der Waals surface area contributed by atoms with E-state index in [0.29, 0.717) is 24.1 Å². The molecule has 4 atom stereocenters. The molecule has 2 fully saturated rings. The third kappa shape index (κ3) is 4.47. The number of hydrogen-bond acceptors (Lipinski definition) is 3. The second-order valence-electron chi connectivity index (χ2n) is 9.28. The van der Waals surface area contributed by atoms with Crippen LogP contribution in [-0.4, -0.2) is 44.0 Å². The average Bonchev–Trinajstić information content (AvgIpc) is 3.19. The minimum absolute atomic E-state index is 0.351. The van der Waals surface area contributed by atoms with Gasteiger partial charge in [0.25, 0.3) is 0 Å². The third-order valence-electron chi connectivity index (χ3n) is 6.04. The molecule has 4 heteroatoms. The second-order valence-corrected chi connectivity index (χ2v) is 15.0. The second kappa shape index (κ2) is 7.70. The molecule has 0 spiro atoms. The Kier molecular flexibility index (Phi) is 5.47. The molecule has 3 aliphatic heterocycles. The van der Waals surface area contributed by atoms with E-state index in [1.54, 1.807) is 0 Å². The van der Waals surface area contributed by atoms with Gasteiger partial charge in [0, 0.05) is 29.3 Å². The molecule has 0 aromatic heterocycles. The third-order valence-corrected chi connectivity index (χ3v) is 7.81. The predicted molar refractivity (Wildman–Crippen MR) is 119 cm³/mol. The maximum Gasteiger partial charge on any atom is 0.129 e. The maximum atomic E-state index is 6.47. The van der Waals surface area contributed by atoms with Gasteiger partial charge in [0.2, 0.25) is 0 Å². The molecule has 1 aromatic carbocycles. The van der Waals surface area contributed by atoms with Crippen LogP contribution in [0, 0.1) is 11.5 Å². The molecule has 0 amide bonds. The molecule has 144 valence electrons. The molecule has 2 bridgehead atoms. The van der Waals surface area contributed by atoms with Crippen molar-refractivity contribution in [1.29, 1.82) is 0 Å². The summed E-state index contributed by atoms with van der Waals surface area (Å²) in [5, 5.41) is 2.22. The zero-order chi connectivity index (χ0) is 19.0. The Morgan fingerprint density at radius 2 is 1.89 bits per heavy atom. The lowest BCUT2D eigenvalue weighted by molar-refractivity contribution is 0.0661. The van der Waals surface area contributed by atoms with Gasteiger partial charge in [-0.2, -0.15) is 0 Å². The summed E-state index contributed by atoms with van der Waals surface area (Å²) in [7, 11) is 0.872. The Bertz CT molecular complexity index is 774. The molecule has 3 aliphatic rings. The predicted octanol–water partition coefficient (Wildman–Crippen LogP) is 5.26. The van der Waals surface area contributed by atoms with Crippen molar-refractivity contribution in [2.75, 3.05) is 12.8 Å². The average molecular weight is 398 g/mol. The van der Waals surface area contributed by atoms with Crippen molar-refractivity contribution in [2.24, 2.45) is 0 Å². The van der Waals surface area contributed by atoms with Gasteiger partial charge in [-0.25, -0.2) is 0 Å². The van der Waals surface area contributed by atoms with E-state index in [1.165, 1.54) is 24.0 Å². The van der Waals surface area contributed by atoms with Crippen molar-refractivity contribution < 1.29 is 4.74 Å². The molecule has 0 saturated carbocycles. The number of piperidine rings is 1. The Balaban J connectivity index is 1.56. The summed E-state index contributed by atoms with van der Waals surface area (Å²) in [6.07, 6.45) is 7.65. The van der Waals surface area contributed by atoms with Crippen LogP contribution in [0.15, 0.2) is 29.7 Å². The normalized spacial score (nSPS) is 30.2. The summed E-state index contributed by atoms with van der Waals surface area (Å²) in [5.74, 6) is 6.13. The molecule has 2 saturated heterocycles. The zero-order valence-electron chi connectivity index (χ0n) is 17.0. The summed E-state index contributed by atoms with van der Waals surface area (Å²) >= 11 is 1.89. The standard InChI is InChI=1S/C23H31NOSSi/c1-24-19-5-6-20(24)15-22(14-19)25-21-7-8-23(18-9-11-26-16-18)17(13-21)10-12-27(2,3)4/h7-9,11,13,18-20,22H,5-6,14-16H2,1-4H3/t18?,19-,20+,22-. The number of fused-ring (bicyclic) bond motifs is 2. The van der Waals surface area contributed by atoms with Crippen molar-refractivity contribution in [2.45, 2.75) is 69.4 Å². The molecule has 1 unspecified atom stereocenters. The van der Waals surface area contributed by atoms with Crippen LogP contribution in [0.25, 0.3) is 0 Å². The zero-order valence-corrected chi connectivity index (χ0v) is 18.8. The van der Waals surface area contributed by atoms with Gasteiger partial charge < -0.3 is 9.64 Å². The van der Waals surface area contributed by atoms with Crippen molar-refractivity contribution >= 4 is 19.8 Å². The lowest BCUT2D eigenvalue weighted by Crippen LogP contribution is -2.43. The van der Waals surface area contributed by atoms with Crippen molar-refractivity contribution in [3.8, 4) is 17.2 Å². The number of thioether (sulfide) groups is 1. The highest BCUT2D eigenvalue weighted by Gasteiger charge is 2.39.